The van der Waals surface area contributed by atoms with E-state index in [2.05, 4.69) is 21.2 Å². The van der Waals surface area contributed by atoms with E-state index in [1.54, 1.807) is 6.26 Å². The predicted molar refractivity (Wildman–Crippen MR) is 57.1 cm³/mol. The van der Waals surface area contributed by atoms with E-state index in [9.17, 15) is 5.11 Å². The van der Waals surface area contributed by atoms with Gasteiger partial charge < -0.3 is 14.8 Å². The van der Waals surface area contributed by atoms with E-state index in [4.69, 9.17) is 4.42 Å². The Balaban J connectivity index is 2.03. The zero-order valence-corrected chi connectivity index (χ0v) is 9.25. The van der Waals surface area contributed by atoms with Gasteiger partial charge in [-0.25, -0.2) is 0 Å². The summed E-state index contributed by atoms with van der Waals surface area (Å²) in [5.74, 6) is 0. The largest absolute Gasteiger partial charge is 0.457 e. The average molecular weight is 258 g/mol. The van der Waals surface area contributed by atoms with Gasteiger partial charge in [-0.3, -0.25) is 0 Å². The summed E-state index contributed by atoms with van der Waals surface area (Å²) in [5.41, 5.74) is 2.33. The summed E-state index contributed by atoms with van der Waals surface area (Å²) in [6.45, 7) is 1.50. The maximum Gasteiger partial charge on any atom is 0.169 e. The minimum atomic E-state index is -0.353. The fourth-order valence-corrected chi connectivity index (χ4v) is 1.98. The van der Waals surface area contributed by atoms with Gasteiger partial charge >= 0.3 is 0 Å². The monoisotopic (exact) mass is 257 g/mol. The Morgan fingerprint density at radius 3 is 3.14 bits per heavy atom. The normalized spacial score (nSPS) is 22.1. The molecule has 2 N–H and O–H groups in total. The molecule has 1 aromatic heterocycles. The fraction of sp³-hybridized carbons (Fsp3) is 0.400. The molecule has 0 fully saturated rings. The average Bonchev–Trinajstić information content (AvgIpc) is 2.51. The topological polar surface area (TPSA) is 45.4 Å². The summed E-state index contributed by atoms with van der Waals surface area (Å²) in [7, 11) is 0. The summed E-state index contributed by atoms with van der Waals surface area (Å²) < 4.78 is 5.89. The number of aliphatic hydroxyl groups excluding tert-OH is 1. The van der Waals surface area contributed by atoms with E-state index in [0.717, 1.165) is 23.2 Å². The molecule has 0 amide bonds. The van der Waals surface area contributed by atoms with E-state index in [-0.39, 0.29) is 6.10 Å². The van der Waals surface area contributed by atoms with Crippen molar-refractivity contribution >= 4 is 15.9 Å². The molecule has 0 saturated heterocycles. The number of β-amino-alcohol motifs (C(OH)–C–C–N with tert-alkyl or cyclic N) is 1. The Kier molecular flexibility index (Phi) is 3.05. The number of hydrogen-bond donors (Lipinski definition) is 2. The SMILES string of the molecule is OC1C=C(Cc2coc(Br)c2)CNC1. The second kappa shape index (κ2) is 4.29. The number of rotatable bonds is 2. The lowest BCUT2D eigenvalue weighted by Gasteiger charge is -2.17. The highest BCUT2D eigenvalue weighted by Crippen LogP contribution is 2.17. The third-order valence-electron chi connectivity index (χ3n) is 2.19. The van der Waals surface area contributed by atoms with Gasteiger partial charge in [-0.05, 0) is 34.0 Å². The molecule has 0 bridgehead atoms. The van der Waals surface area contributed by atoms with Gasteiger partial charge in [0.15, 0.2) is 4.67 Å². The second-order valence-corrected chi connectivity index (χ2v) is 4.24. The molecular weight excluding hydrogens is 246 g/mol. The van der Waals surface area contributed by atoms with Gasteiger partial charge in [0.1, 0.15) is 0 Å². The Bertz CT molecular complexity index is 346. The number of hydrogen-bond acceptors (Lipinski definition) is 3. The van der Waals surface area contributed by atoms with Crippen LogP contribution >= 0.6 is 15.9 Å². The lowest BCUT2D eigenvalue weighted by atomic mass is 10.0. The summed E-state index contributed by atoms with van der Waals surface area (Å²) in [4.78, 5) is 0. The smallest absolute Gasteiger partial charge is 0.169 e. The van der Waals surface area contributed by atoms with E-state index in [1.807, 2.05) is 12.1 Å². The zero-order chi connectivity index (χ0) is 9.97. The molecular formula is C10H12BrNO2. The van der Waals surface area contributed by atoms with Crippen LogP contribution in [0.5, 0.6) is 0 Å². The molecule has 1 aromatic rings. The number of nitrogens with one attached hydrogen (secondary N) is 1. The van der Waals surface area contributed by atoms with Crippen molar-refractivity contribution < 1.29 is 9.52 Å². The molecule has 1 aliphatic heterocycles. The number of furan rings is 1. The van der Waals surface area contributed by atoms with Crippen LogP contribution in [0.1, 0.15) is 5.56 Å². The molecule has 1 aliphatic rings. The van der Waals surface area contributed by atoms with Gasteiger partial charge in [-0.2, -0.15) is 0 Å². The molecule has 2 rings (SSSR count). The van der Waals surface area contributed by atoms with E-state index in [1.165, 1.54) is 5.57 Å². The molecule has 4 heteroatoms. The standard InChI is InChI=1S/C10H12BrNO2/c11-10-3-8(6-14-10)1-7-2-9(13)5-12-4-7/h2-3,6,9,12-13H,1,4-5H2. The minimum Gasteiger partial charge on any atom is -0.457 e. The zero-order valence-electron chi connectivity index (χ0n) is 7.66. The number of halogens is 1. The van der Waals surface area contributed by atoms with Crippen LogP contribution in [0.3, 0.4) is 0 Å². The van der Waals surface area contributed by atoms with Crippen LogP contribution in [-0.4, -0.2) is 24.3 Å². The van der Waals surface area contributed by atoms with Crippen LogP contribution in [0.2, 0.25) is 0 Å². The molecule has 1 atom stereocenters. The molecule has 0 aromatic carbocycles. The summed E-state index contributed by atoms with van der Waals surface area (Å²) >= 11 is 3.26. The van der Waals surface area contributed by atoms with Crippen molar-refractivity contribution in [1.82, 2.24) is 5.32 Å². The number of aliphatic hydroxyl groups is 1. The lowest BCUT2D eigenvalue weighted by molar-refractivity contribution is 0.213. The highest BCUT2D eigenvalue weighted by atomic mass is 79.9. The Morgan fingerprint density at radius 1 is 1.64 bits per heavy atom. The van der Waals surface area contributed by atoms with Crippen molar-refractivity contribution in [3.8, 4) is 0 Å². The molecule has 3 nitrogen and oxygen atoms in total. The van der Waals surface area contributed by atoms with Crippen molar-refractivity contribution in [3.05, 3.63) is 34.2 Å². The molecule has 0 spiro atoms. The van der Waals surface area contributed by atoms with Crippen molar-refractivity contribution in [2.75, 3.05) is 13.1 Å². The molecule has 0 aliphatic carbocycles. The summed E-state index contributed by atoms with van der Waals surface area (Å²) in [5, 5.41) is 12.5. The van der Waals surface area contributed by atoms with Gasteiger partial charge in [-0.15, -0.1) is 0 Å². The molecule has 76 valence electrons. The predicted octanol–water partition coefficient (Wildman–Crippen LogP) is 1.48. The quantitative estimate of drug-likeness (QED) is 0.790. The van der Waals surface area contributed by atoms with Crippen LogP contribution in [0, 0.1) is 0 Å². The molecule has 1 unspecified atom stereocenters. The van der Waals surface area contributed by atoms with E-state index in [0.29, 0.717) is 6.54 Å². The van der Waals surface area contributed by atoms with Gasteiger partial charge in [0, 0.05) is 13.1 Å². The van der Waals surface area contributed by atoms with Crippen molar-refractivity contribution in [1.29, 1.82) is 0 Å². The van der Waals surface area contributed by atoms with E-state index >= 15 is 0 Å². The van der Waals surface area contributed by atoms with Gasteiger partial charge in [0.25, 0.3) is 0 Å². The fourth-order valence-electron chi connectivity index (χ4n) is 1.59. The van der Waals surface area contributed by atoms with Gasteiger partial charge in [0.2, 0.25) is 0 Å². The maximum absolute atomic E-state index is 9.39. The van der Waals surface area contributed by atoms with Crippen molar-refractivity contribution in [3.63, 3.8) is 0 Å². The van der Waals surface area contributed by atoms with Gasteiger partial charge in [0.05, 0.1) is 12.4 Å². The summed E-state index contributed by atoms with van der Waals surface area (Å²) in [6, 6.07) is 1.95. The Labute approximate surface area is 90.9 Å². The van der Waals surface area contributed by atoms with Crippen molar-refractivity contribution in [2.24, 2.45) is 0 Å². The molecule has 14 heavy (non-hydrogen) atoms. The summed E-state index contributed by atoms with van der Waals surface area (Å²) in [6.07, 6.45) is 4.12. The first-order chi connectivity index (χ1) is 6.74. The first kappa shape index (κ1) is 9.96. The first-order valence-electron chi connectivity index (χ1n) is 4.55. The van der Waals surface area contributed by atoms with Crippen LogP contribution in [0.15, 0.2) is 33.1 Å². The second-order valence-electron chi connectivity index (χ2n) is 3.46. The van der Waals surface area contributed by atoms with Crippen LogP contribution < -0.4 is 5.32 Å². The van der Waals surface area contributed by atoms with Crippen LogP contribution in [0.4, 0.5) is 0 Å². The lowest BCUT2D eigenvalue weighted by Crippen LogP contribution is -2.32. The minimum absolute atomic E-state index is 0.353. The Morgan fingerprint density at radius 2 is 2.50 bits per heavy atom. The maximum atomic E-state index is 9.39. The Hall–Kier alpha value is -0.580. The molecule has 0 saturated carbocycles. The van der Waals surface area contributed by atoms with Gasteiger partial charge in [-0.1, -0.05) is 11.6 Å². The van der Waals surface area contributed by atoms with E-state index < -0.39 is 0 Å². The molecule has 0 radical (unpaired) electrons. The molecule has 2 heterocycles. The van der Waals surface area contributed by atoms with Crippen molar-refractivity contribution in [2.45, 2.75) is 12.5 Å². The highest BCUT2D eigenvalue weighted by molar-refractivity contribution is 9.10. The van der Waals surface area contributed by atoms with Crippen LogP contribution in [0.25, 0.3) is 0 Å². The third kappa shape index (κ3) is 2.47. The van der Waals surface area contributed by atoms with Crippen LogP contribution in [-0.2, 0) is 6.42 Å². The third-order valence-corrected chi connectivity index (χ3v) is 2.60. The first-order valence-corrected chi connectivity index (χ1v) is 5.34. The highest BCUT2D eigenvalue weighted by Gasteiger charge is 2.11.